The molecule has 0 aromatic heterocycles. The van der Waals surface area contributed by atoms with Gasteiger partial charge in [0, 0.05) is 11.9 Å². The molecule has 2 aromatic rings. The summed E-state index contributed by atoms with van der Waals surface area (Å²) in [7, 11) is 0. The SMILES string of the molecule is O=C1CC(c2ccccc2)=CN1c1ccccc1. The van der Waals surface area contributed by atoms with Crippen molar-refractivity contribution in [3.05, 3.63) is 72.4 Å². The Morgan fingerprint density at radius 2 is 1.44 bits per heavy atom. The normalized spacial score (nSPS) is 14.8. The molecule has 0 radical (unpaired) electrons. The molecule has 2 aromatic carbocycles. The highest BCUT2D eigenvalue weighted by Gasteiger charge is 2.23. The zero-order chi connectivity index (χ0) is 12.4. The van der Waals surface area contributed by atoms with Crippen molar-refractivity contribution in [2.45, 2.75) is 6.42 Å². The first-order valence-corrected chi connectivity index (χ1v) is 5.98. The second-order valence-corrected chi connectivity index (χ2v) is 4.30. The molecular formula is C16H13NO. The zero-order valence-electron chi connectivity index (χ0n) is 9.91. The minimum Gasteiger partial charge on any atom is -0.287 e. The number of hydrogen-bond donors (Lipinski definition) is 0. The highest BCUT2D eigenvalue weighted by Crippen LogP contribution is 2.29. The van der Waals surface area contributed by atoms with Gasteiger partial charge in [0.25, 0.3) is 0 Å². The van der Waals surface area contributed by atoms with Crippen molar-refractivity contribution in [2.24, 2.45) is 0 Å². The Kier molecular flexibility index (Phi) is 2.69. The molecule has 0 atom stereocenters. The summed E-state index contributed by atoms with van der Waals surface area (Å²) >= 11 is 0. The van der Waals surface area contributed by atoms with E-state index in [9.17, 15) is 4.79 Å². The largest absolute Gasteiger partial charge is 0.287 e. The van der Waals surface area contributed by atoms with E-state index in [1.54, 1.807) is 4.90 Å². The Labute approximate surface area is 106 Å². The first-order valence-electron chi connectivity index (χ1n) is 5.98. The average molecular weight is 235 g/mol. The van der Waals surface area contributed by atoms with E-state index in [0.29, 0.717) is 6.42 Å². The van der Waals surface area contributed by atoms with Gasteiger partial charge in [-0.15, -0.1) is 0 Å². The molecule has 0 spiro atoms. The number of hydrogen-bond acceptors (Lipinski definition) is 1. The number of amides is 1. The summed E-state index contributed by atoms with van der Waals surface area (Å²) in [6, 6.07) is 19.8. The predicted molar refractivity (Wildman–Crippen MR) is 73.0 cm³/mol. The second kappa shape index (κ2) is 4.49. The van der Waals surface area contributed by atoms with E-state index in [4.69, 9.17) is 0 Å². The summed E-state index contributed by atoms with van der Waals surface area (Å²) in [6.45, 7) is 0. The molecule has 1 aliphatic heterocycles. The quantitative estimate of drug-likeness (QED) is 0.780. The van der Waals surface area contributed by atoms with Crippen molar-refractivity contribution in [3.63, 3.8) is 0 Å². The molecule has 1 heterocycles. The summed E-state index contributed by atoms with van der Waals surface area (Å²) in [6.07, 6.45) is 2.41. The lowest BCUT2D eigenvalue weighted by molar-refractivity contribution is -0.116. The van der Waals surface area contributed by atoms with Crippen molar-refractivity contribution in [2.75, 3.05) is 4.90 Å². The van der Waals surface area contributed by atoms with Gasteiger partial charge in [-0.3, -0.25) is 9.69 Å². The van der Waals surface area contributed by atoms with Crippen LogP contribution in [0.25, 0.3) is 5.57 Å². The van der Waals surface area contributed by atoms with Crippen LogP contribution in [0.1, 0.15) is 12.0 Å². The van der Waals surface area contributed by atoms with Crippen LogP contribution in [0.15, 0.2) is 66.9 Å². The van der Waals surface area contributed by atoms with Crippen LogP contribution < -0.4 is 4.90 Å². The minimum atomic E-state index is 0.125. The number of rotatable bonds is 2. The van der Waals surface area contributed by atoms with E-state index in [-0.39, 0.29) is 5.91 Å². The molecule has 0 N–H and O–H groups in total. The maximum atomic E-state index is 12.0. The van der Waals surface area contributed by atoms with Gasteiger partial charge >= 0.3 is 0 Å². The third-order valence-corrected chi connectivity index (χ3v) is 3.07. The summed E-state index contributed by atoms with van der Waals surface area (Å²) in [4.78, 5) is 13.8. The van der Waals surface area contributed by atoms with E-state index < -0.39 is 0 Å². The Bertz CT molecular complexity index is 587. The number of carbonyl (C=O) groups excluding carboxylic acids is 1. The van der Waals surface area contributed by atoms with E-state index in [1.807, 2.05) is 66.9 Å². The third-order valence-electron chi connectivity index (χ3n) is 3.07. The first-order chi connectivity index (χ1) is 8.84. The predicted octanol–water partition coefficient (Wildman–Crippen LogP) is 3.46. The van der Waals surface area contributed by atoms with Gasteiger partial charge in [0.1, 0.15) is 0 Å². The second-order valence-electron chi connectivity index (χ2n) is 4.30. The molecule has 88 valence electrons. The zero-order valence-corrected chi connectivity index (χ0v) is 9.91. The van der Waals surface area contributed by atoms with Gasteiger partial charge in [-0.25, -0.2) is 0 Å². The molecule has 18 heavy (non-hydrogen) atoms. The van der Waals surface area contributed by atoms with E-state index >= 15 is 0 Å². The molecular weight excluding hydrogens is 222 g/mol. The number of nitrogens with zero attached hydrogens (tertiary/aromatic N) is 1. The number of benzene rings is 2. The van der Waals surface area contributed by atoms with E-state index in [1.165, 1.54) is 0 Å². The highest BCUT2D eigenvalue weighted by molar-refractivity contribution is 6.07. The van der Waals surface area contributed by atoms with Gasteiger partial charge in [-0.05, 0) is 23.3 Å². The van der Waals surface area contributed by atoms with Gasteiger partial charge < -0.3 is 0 Å². The molecule has 0 fully saturated rings. The van der Waals surface area contributed by atoms with Crippen molar-refractivity contribution in [1.29, 1.82) is 0 Å². The molecule has 0 bridgehead atoms. The molecule has 0 aliphatic carbocycles. The highest BCUT2D eigenvalue weighted by atomic mass is 16.2. The lowest BCUT2D eigenvalue weighted by Gasteiger charge is -2.12. The summed E-state index contributed by atoms with van der Waals surface area (Å²) in [5.41, 5.74) is 3.11. The molecule has 1 aliphatic rings. The summed E-state index contributed by atoms with van der Waals surface area (Å²) < 4.78 is 0. The summed E-state index contributed by atoms with van der Waals surface area (Å²) in [5, 5.41) is 0. The molecule has 0 saturated heterocycles. The standard InChI is InChI=1S/C16H13NO/c18-16-11-14(13-7-3-1-4-8-13)12-17(16)15-9-5-2-6-10-15/h1-10,12H,11H2. The van der Waals surface area contributed by atoms with Crippen molar-refractivity contribution in [3.8, 4) is 0 Å². The Morgan fingerprint density at radius 1 is 0.833 bits per heavy atom. The van der Waals surface area contributed by atoms with Gasteiger partial charge in [-0.2, -0.15) is 0 Å². The average Bonchev–Trinajstić information content (AvgIpc) is 2.83. The maximum absolute atomic E-state index is 12.0. The van der Waals surface area contributed by atoms with E-state index in [0.717, 1.165) is 16.8 Å². The topological polar surface area (TPSA) is 20.3 Å². The smallest absolute Gasteiger partial charge is 0.235 e. The minimum absolute atomic E-state index is 0.125. The van der Waals surface area contributed by atoms with Crippen LogP contribution in [-0.4, -0.2) is 5.91 Å². The van der Waals surface area contributed by atoms with Gasteiger partial charge in [0.2, 0.25) is 5.91 Å². The van der Waals surface area contributed by atoms with Crippen molar-refractivity contribution >= 4 is 17.2 Å². The van der Waals surface area contributed by atoms with Crippen LogP contribution in [0.3, 0.4) is 0 Å². The van der Waals surface area contributed by atoms with Crippen LogP contribution >= 0.6 is 0 Å². The van der Waals surface area contributed by atoms with Crippen LogP contribution in [0.2, 0.25) is 0 Å². The fourth-order valence-corrected chi connectivity index (χ4v) is 2.16. The lowest BCUT2D eigenvalue weighted by Crippen LogP contribution is -2.19. The first kappa shape index (κ1) is 10.8. The number of para-hydroxylation sites is 1. The molecule has 0 saturated carbocycles. The Balaban J connectivity index is 1.95. The molecule has 2 heteroatoms. The van der Waals surface area contributed by atoms with Gasteiger partial charge in [0.05, 0.1) is 6.42 Å². The number of anilines is 1. The Hall–Kier alpha value is -2.35. The van der Waals surface area contributed by atoms with Crippen LogP contribution in [-0.2, 0) is 4.79 Å². The van der Waals surface area contributed by atoms with Crippen LogP contribution in [0, 0.1) is 0 Å². The van der Waals surface area contributed by atoms with Crippen molar-refractivity contribution in [1.82, 2.24) is 0 Å². The van der Waals surface area contributed by atoms with Gasteiger partial charge in [0.15, 0.2) is 0 Å². The van der Waals surface area contributed by atoms with Crippen LogP contribution in [0.5, 0.6) is 0 Å². The molecule has 0 unspecified atom stereocenters. The molecule has 2 nitrogen and oxygen atoms in total. The third kappa shape index (κ3) is 1.93. The fraction of sp³-hybridized carbons (Fsp3) is 0.0625. The van der Waals surface area contributed by atoms with E-state index in [2.05, 4.69) is 0 Å². The molecule has 3 rings (SSSR count). The monoisotopic (exact) mass is 235 g/mol. The van der Waals surface area contributed by atoms with Crippen molar-refractivity contribution < 1.29 is 4.79 Å². The number of carbonyl (C=O) groups is 1. The van der Waals surface area contributed by atoms with Crippen LogP contribution in [0.4, 0.5) is 5.69 Å². The fourth-order valence-electron chi connectivity index (χ4n) is 2.16. The molecule has 1 amide bonds. The maximum Gasteiger partial charge on any atom is 0.235 e. The lowest BCUT2D eigenvalue weighted by atomic mass is 10.1. The summed E-state index contributed by atoms with van der Waals surface area (Å²) in [5.74, 6) is 0.125. The Morgan fingerprint density at radius 3 is 2.11 bits per heavy atom. The van der Waals surface area contributed by atoms with Gasteiger partial charge in [-0.1, -0.05) is 48.5 Å².